The van der Waals surface area contributed by atoms with Crippen molar-refractivity contribution >= 4 is 34.9 Å². The molecule has 10 heteroatoms. The molecular formula is C14H18ClN3O6. The van der Waals surface area contributed by atoms with Crippen LogP contribution >= 0.6 is 11.6 Å². The van der Waals surface area contributed by atoms with Crippen molar-refractivity contribution in [3.8, 4) is 0 Å². The number of nitro groups is 1. The van der Waals surface area contributed by atoms with E-state index in [2.05, 4.69) is 10.6 Å². The van der Waals surface area contributed by atoms with Crippen molar-refractivity contribution in [2.24, 2.45) is 0 Å². The average molecular weight is 360 g/mol. The molecule has 3 N–H and O–H groups in total. The lowest BCUT2D eigenvalue weighted by atomic mass is 10.2. The largest absolute Gasteiger partial charge is 0.480 e. The molecule has 0 aromatic heterocycles. The van der Waals surface area contributed by atoms with Crippen LogP contribution in [0.1, 0.15) is 12.8 Å². The zero-order valence-corrected chi connectivity index (χ0v) is 13.7. The van der Waals surface area contributed by atoms with Gasteiger partial charge in [0, 0.05) is 25.8 Å². The molecule has 0 saturated carbocycles. The van der Waals surface area contributed by atoms with Crippen LogP contribution in [0.15, 0.2) is 18.2 Å². The second-order valence-corrected chi connectivity index (χ2v) is 5.27. The van der Waals surface area contributed by atoms with Gasteiger partial charge in [-0.3, -0.25) is 19.7 Å². The maximum atomic E-state index is 12.0. The predicted molar refractivity (Wildman–Crippen MR) is 87.3 cm³/mol. The molecule has 0 saturated heterocycles. The van der Waals surface area contributed by atoms with Gasteiger partial charge in [0.05, 0.1) is 22.1 Å². The van der Waals surface area contributed by atoms with Crippen LogP contribution < -0.4 is 10.6 Å². The Bertz CT molecular complexity index is 610. The lowest BCUT2D eigenvalue weighted by Gasteiger charge is -2.14. The van der Waals surface area contributed by atoms with E-state index in [1.165, 1.54) is 19.2 Å². The van der Waals surface area contributed by atoms with Crippen molar-refractivity contribution in [1.82, 2.24) is 5.32 Å². The topological polar surface area (TPSA) is 131 Å². The molecule has 132 valence electrons. The van der Waals surface area contributed by atoms with Crippen molar-refractivity contribution in [3.05, 3.63) is 33.3 Å². The van der Waals surface area contributed by atoms with Gasteiger partial charge in [0.2, 0.25) is 5.91 Å². The van der Waals surface area contributed by atoms with E-state index in [1.807, 2.05) is 0 Å². The Morgan fingerprint density at radius 1 is 1.46 bits per heavy atom. The SMILES string of the molecule is COCCCNC(CC(=O)Nc1cc([N+](=O)[O-])ccc1Cl)C(=O)O. The number of carboxylic acid groups (broad SMARTS) is 1. The molecule has 0 aliphatic rings. The Morgan fingerprint density at radius 3 is 2.75 bits per heavy atom. The highest BCUT2D eigenvalue weighted by molar-refractivity contribution is 6.33. The lowest BCUT2D eigenvalue weighted by Crippen LogP contribution is -2.40. The van der Waals surface area contributed by atoms with Crippen molar-refractivity contribution in [1.29, 1.82) is 0 Å². The number of nitrogens with one attached hydrogen (secondary N) is 2. The number of ether oxygens (including phenoxy) is 1. The smallest absolute Gasteiger partial charge is 0.321 e. The van der Waals surface area contributed by atoms with E-state index in [4.69, 9.17) is 21.4 Å². The van der Waals surface area contributed by atoms with Crippen LogP contribution in [0.3, 0.4) is 0 Å². The first-order valence-electron chi connectivity index (χ1n) is 7.04. The minimum atomic E-state index is -1.17. The second kappa shape index (κ2) is 9.81. The van der Waals surface area contributed by atoms with Crippen LogP contribution in [0.25, 0.3) is 0 Å². The van der Waals surface area contributed by atoms with Gasteiger partial charge in [-0.15, -0.1) is 0 Å². The highest BCUT2D eigenvalue weighted by Crippen LogP contribution is 2.26. The summed E-state index contributed by atoms with van der Waals surface area (Å²) >= 11 is 5.88. The Hall–Kier alpha value is -2.23. The molecule has 9 nitrogen and oxygen atoms in total. The van der Waals surface area contributed by atoms with Crippen molar-refractivity contribution in [2.45, 2.75) is 18.9 Å². The molecule has 1 atom stereocenters. The van der Waals surface area contributed by atoms with E-state index in [-0.39, 0.29) is 22.8 Å². The number of hydrogen-bond acceptors (Lipinski definition) is 6. The number of non-ortho nitro benzene ring substituents is 1. The van der Waals surface area contributed by atoms with Crippen LogP contribution in [-0.2, 0) is 14.3 Å². The number of nitro benzene ring substituents is 1. The standard InChI is InChI=1S/C14H18ClN3O6/c1-24-6-2-5-16-12(14(20)21)8-13(19)17-11-7-9(18(22)23)3-4-10(11)15/h3-4,7,12,16H,2,5-6,8H2,1H3,(H,17,19)(H,20,21). The molecule has 0 heterocycles. The van der Waals surface area contributed by atoms with Gasteiger partial charge in [-0.25, -0.2) is 0 Å². The Labute approximate surface area is 143 Å². The van der Waals surface area contributed by atoms with E-state index in [9.17, 15) is 19.7 Å². The minimum Gasteiger partial charge on any atom is -0.480 e. The number of carbonyl (C=O) groups excluding carboxylic acids is 1. The van der Waals surface area contributed by atoms with E-state index in [0.29, 0.717) is 19.6 Å². The molecule has 0 aliphatic heterocycles. The van der Waals surface area contributed by atoms with Crippen molar-refractivity contribution in [3.63, 3.8) is 0 Å². The minimum absolute atomic E-state index is 0.0550. The number of hydrogen-bond donors (Lipinski definition) is 3. The summed E-state index contributed by atoms with van der Waals surface area (Å²) in [6.07, 6.45) is 0.250. The molecule has 1 unspecified atom stereocenters. The van der Waals surface area contributed by atoms with Gasteiger partial charge in [0.1, 0.15) is 6.04 Å². The normalized spacial score (nSPS) is 11.8. The zero-order chi connectivity index (χ0) is 18.1. The van der Waals surface area contributed by atoms with Gasteiger partial charge in [-0.2, -0.15) is 0 Å². The molecule has 1 aromatic rings. The van der Waals surface area contributed by atoms with Crippen LogP contribution in [0, 0.1) is 10.1 Å². The van der Waals surface area contributed by atoms with E-state index < -0.39 is 22.8 Å². The Balaban J connectivity index is 2.67. The van der Waals surface area contributed by atoms with E-state index in [0.717, 1.165) is 6.07 Å². The van der Waals surface area contributed by atoms with Crippen molar-refractivity contribution in [2.75, 3.05) is 25.6 Å². The quantitative estimate of drug-likeness (QED) is 0.329. The molecule has 1 aromatic carbocycles. The maximum absolute atomic E-state index is 12.0. The number of carboxylic acids is 1. The number of amides is 1. The van der Waals surface area contributed by atoms with Gasteiger partial charge in [-0.05, 0) is 19.0 Å². The third-order valence-electron chi connectivity index (χ3n) is 3.04. The predicted octanol–water partition coefficient (Wildman–Crippen LogP) is 1.66. The molecule has 0 fully saturated rings. The molecular weight excluding hydrogens is 342 g/mol. The number of aliphatic carboxylic acids is 1. The van der Waals surface area contributed by atoms with Crippen LogP contribution in [0.5, 0.6) is 0 Å². The molecule has 0 bridgehead atoms. The molecule has 0 radical (unpaired) electrons. The van der Waals surface area contributed by atoms with Gasteiger partial charge < -0.3 is 20.5 Å². The summed E-state index contributed by atoms with van der Waals surface area (Å²) in [5.74, 6) is -1.79. The van der Waals surface area contributed by atoms with Crippen LogP contribution in [0.4, 0.5) is 11.4 Å². The van der Waals surface area contributed by atoms with E-state index >= 15 is 0 Å². The number of methoxy groups -OCH3 is 1. The Morgan fingerprint density at radius 2 is 2.17 bits per heavy atom. The van der Waals surface area contributed by atoms with E-state index in [1.54, 1.807) is 0 Å². The Kier molecular flexibility index (Phi) is 8.10. The fraction of sp³-hybridized carbons (Fsp3) is 0.429. The van der Waals surface area contributed by atoms with Crippen molar-refractivity contribution < 1.29 is 24.4 Å². The van der Waals surface area contributed by atoms with Gasteiger partial charge in [0.25, 0.3) is 5.69 Å². The summed E-state index contributed by atoms with van der Waals surface area (Å²) < 4.78 is 4.85. The number of benzene rings is 1. The lowest BCUT2D eigenvalue weighted by molar-refractivity contribution is -0.384. The molecule has 1 amide bonds. The van der Waals surface area contributed by atoms with Crippen LogP contribution in [0.2, 0.25) is 5.02 Å². The van der Waals surface area contributed by atoms with Gasteiger partial charge in [0.15, 0.2) is 0 Å². The fourth-order valence-corrected chi connectivity index (χ4v) is 2.01. The number of carbonyl (C=O) groups is 2. The number of rotatable bonds is 10. The average Bonchev–Trinajstić information content (AvgIpc) is 2.52. The summed E-state index contributed by atoms with van der Waals surface area (Å²) in [7, 11) is 1.53. The highest BCUT2D eigenvalue weighted by atomic mass is 35.5. The van der Waals surface area contributed by atoms with Gasteiger partial charge in [-0.1, -0.05) is 11.6 Å². The number of anilines is 1. The highest BCUT2D eigenvalue weighted by Gasteiger charge is 2.21. The first-order chi connectivity index (χ1) is 11.3. The summed E-state index contributed by atoms with van der Waals surface area (Å²) in [5.41, 5.74) is -0.179. The zero-order valence-electron chi connectivity index (χ0n) is 13.0. The monoisotopic (exact) mass is 359 g/mol. The maximum Gasteiger partial charge on any atom is 0.321 e. The second-order valence-electron chi connectivity index (χ2n) is 4.86. The van der Waals surface area contributed by atoms with Gasteiger partial charge >= 0.3 is 5.97 Å². The van der Waals surface area contributed by atoms with Crippen LogP contribution in [-0.4, -0.2) is 48.2 Å². The molecule has 0 spiro atoms. The first kappa shape index (κ1) is 19.8. The summed E-state index contributed by atoms with van der Waals surface area (Å²) in [6, 6.07) is 2.52. The third kappa shape index (κ3) is 6.49. The third-order valence-corrected chi connectivity index (χ3v) is 3.37. The molecule has 24 heavy (non-hydrogen) atoms. The fourth-order valence-electron chi connectivity index (χ4n) is 1.85. The number of nitrogens with zero attached hydrogens (tertiary/aromatic N) is 1. The molecule has 0 aliphatic carbocycles. The summed E-state index contributed by atoms with van der Waals surface area (Å²) in [5, 5.41) is 25.1. The summed E-state index contributed by atoms with van der Waals surface area (Å²) in [6.45, 7) is 0.838. The number of halogens is 1. The summed E-state index contributed by atoms with van der Waals surface area (Å²) in [4.78, 5) is 33.3. The first-order valence-corrected chi connectivity index (χ1v) is 7.42. The molecule has 1 rings (SSSR count).